The molecule has 0 N–H and O–H groups in total. The summed E-state index contributed by atoms with van der Waals surface area (Å²) in [7, 11) is 2.08. The lowest BCUT2D eigenvalue weighted by Gasteiger charge is -2.08. The number of fused-ring (bicyclic) bond motifs is 3. The van der Waals surface area contributed by atoms with E-state index in [4.69, 9.17) is 0 Å². The van der Waals surface area contributed by atoms with E-state index in [-0.39, 0.29) is 5.56 Å². The highest BCUT2D eigenvalue weighted by atomic mass is 32.2. The van der Waals surface area contributed by atoms with E-state index in [2.05, 4.69) is 72.8 Å². The summed E-state index contributed by atoms with van der Waals surface area (Å²) in [4.78, 5) is 15.3. The minimum Gasteiger partial charge on any atom is -0.367 e. The van der Waals surface area contributed by atoms with Gasteiger partial charge >= 0.3 is 0 Å². The van der Waals surface area contributed by atoms with Gasteiger partial charge in [-0.3, -0.25) is 9.36 Å². The number of aromatic nitrogens is 2. The van der Waals surface area contributed by atoms with Crippen LogP contribution in [-0.2, 0) is 13.1 Å². The largest absolute Gasteiger partial charge is 0.367 e. The number of thiazole rings is 2. The monoisotopic (exact) mass is 454 g/mol. The van der Waals surface area contributed by atoms with Gasteiger partial charge in [-0.25, -0.2) is 0 Å². The molecule has 154 valence electrons. The number of thioether (sulfide) groups is 1. The average Bonchev–Trinajstić information content (AvgIpc) is 3.42. The number of nitrogens with zero attached hydrogens (tertiary/aromatic N) is 3. The molecule has 0 spiro atoms. The molecule has 1 aliphatic heterocycles. The highest BCUT2D eigenvalue weighted by Crippen LogP contribution is 2.28. The van der Waals surface area contributed by atoms with Gasteiger partial charge in [0.25, 0.3) is 10.6 Å². The van der Waals surface area contributed by atoms with Crippen molar-refractivity contribution >= 4 is 66.5 Å². The summed E-state index contributed by atoms with van der Waals surface area (Å²) in [6.45, 7) is 6.82. The van der Waals surface area contributed by atoms with E-state index < -0.39 is 0 Å². The molecule has 7 heteroatoms. The van der Waals surface area contributed by atoms with Crippen molar-refractivity contribution in [1.29, 1.82) is 0 Å². The molecule has 2 aromatic carbocycles. The van der Waals surface area contributed by atoms with Crippen molar-refractivity contribution in [3.63, 3.8) is 0 Å². The van der Waals surface area contributed by atoms with Crippen LogP contribution in [0.15, 0.2) is 41.2 Å². The van der Waals surface area contributed by atoms with Crippen LogP contribution in [0.4, 0.5) is 0 Å². The highest BCUT2D eigenvalue weighted by molar-refractivity contribution is 8.08. The molecule has 3 heterocycles. The molecule has 0 atom stereocenters. The summed E-state index contributed by atoms with van der Waals surface area (Å²) < 4.78 is 7.49. The quantitative estimate of drug-likeness (QED) is 0.445. The van der Waals surface area contributed by atoms with E-state index in [9.17, 15) is 4.79 Å². The van der Waals surface area contributed by atoms with Crippen LogP contribution in [0, 0.1) is 0 Å². The highest BCUT2D eigenvalue weighted by Gasteiger charge is 2.22. The smallest absolute Gasteiger partial charge is 0.271 e. The minimum atomic E-state index is 0.139. The first kappa shape index (κ1) is 19.8. The van der Waals surface area contributed by atoms with Gasteiger partial charge in [-0.05, 0) is 31.4 Å². The third kappa shape index (κ3) is 3.11. The topological polar surface area (TPSA) is 29.1 Å². The Morgan fingerprint density at radius 1 is 1.13 bits per heavy atom. The summed E-state index contributed by atoms with van der Waals surface area (Å²) in [5, 5.41) is 4.86. The molecule has 0 bridgehead atoms. The van der Waals surface area contributed by atoms with Gasteiger partial charge in [0.1, 0.15) is 20.4 Å². The minimum absolute atomic E-state index is 0.139. The Kier molecular flexibility index (Phi) is 5.21. The normalized spacial score (nSPS) is 17.0. The zero-order valence-electron chi connectivity index (χ0n) is 17.3. The number of hydrogen-bond donors (Lipinski definition) is 0. The Balaban J connectivity index is 1.80. The van der Waals surface area contributed by atoms with E-state index >= 15 is 0 Å². The molecule has 30 heavy (non-hydrogen) atoms. The molecule has 1 aliphatic rings. The van der Waals surface area contributed by atoms with Crippen LogP contribution in [0.2, 0.25) is 0 Å². The van der Waals surface area contributed by atoms with Gasteiger partial charge in [0, 0.05) is 25.9 Å². The van der Waals surface area contributed by atoms with Crippen molar-refractivity contribution in [2.75, 3.05) is 19.3 Å². The standard InChI is InChI=1S/C23H24N3OS3/c1-4-25-18(29-17-11-10-15-8-6-7-9-16(15)20(17)25)14-19-26(5-2)22(27)21(30-19)23-24(3)12-13-28-23/h6-11,14H,4-5,12-13H2,1-3H3/q+1. The molecule has 4 nitrogen and oxygen atoms in total. The number of aryl methyl sites for hydroxylation is 1. The lowest BCUT2D eigenvalue weighted by Crippen LogP contribution is -2.35. The Hall–Kier alpha value is -2.09. The van der Waals surface area contributed by atoms with Crippen molar-refractivity contribution in [2.45, 2.75) is 26.9 Å². The van der Waals surface area contributed by atoms with E-state index in [1.807, 2.05) is 4.57 Å². The van der Waals surface area contributed by atoms with Gasteiger partial charge in [-0.1, -0.05) is 35.6 Å². The van der Waals surface area contributed by atoms with Gasteiger partial charge < -0.3 is 4.90 Å². The molecule has 0 aliphatic carbocycles. The van der Waals surface area contributed by atoms with E-state index in [0.29, 0.717) is 6.54 Å². The van der Waals surface area contributed by atoms with Crippen LogP contribution in [0.25, 0.3) is 32.1 Å². The lowest BCUT2D eigenvalue weighted by molar-refractivity contribution is -0.664. The SMILES string of the molecule is CCn1c(=Cc2sc3ccc4ccccc4c3[n+]2CC)sc(=C2SCCN2C)c1=O. The summed E-state index contributed by atoms with van der Waals surface area (Å²) >= 11 is 5.22. The number of hydrogen-bond acceptors (Lipinski definition) is 5. The van der Waals surface area contributed by atoms with E-state index in [1.54, 1.807) is 34.4 Å². The summed E-state index contributed by atoms with van der Waals surface area (Å²) in [5.74, 6) is 1.05. The summed E-state index contributed by atoms with van der Waals surface area (Å²) in [5.41, 5.74) is 1.43. The van der Waals surface area contributed by atoms with Crippen molar-refractivity contribution in [1.82, 2.24) is 9.47 Å². The molecule has 0 amide bonds. The van der Waals surface area contributed by atoms with Gasteiger partial charge in [-0.15, -0.1) is 23.1 Å². The summed E-state index contributed by atoms with van der Waals surface area (Å²) in [6.07, 6.45) is 2.21. The van der Waals surface area contributed by atoms with Gasteiger partial charge in [0.2, 0.25) is 5.52 Å². The van der Waals surface area contributed by atoms with Crippen LogP contribution in [-0.4, -0.2) is 28.8 Å². The fourth-order valence-corrected chi connectivity index (χ4v) is 7.89. The molecule has 0 radical (unpaired) electrons. The van der Waals surface area contributed by atoms with Gasteiger partial charge in [0.05, 0.1) is 16.5 Å². The second-order valence-corrected chi connectivity index (χ2v) is 10.5. The third-order valence-corrected chi connectivity index (χ3v) is 9.13. The fraction of sp³-hybridized carbons (Fsp3) is 0.304. The van der Waals surface area contributed by atoms with Gasteiger partial charge in [-0.2, -0.15) is 4.57 Å². The predicted octanol–water partition coefficient (Wildman–Crippen LogP) is 3.18. The van der Waals surface area contributed by atoms with Crippen LogP contribution < -0.4 is 19.3 Å². The first-order valence-corrected chi connectivity index (χ1v) is 12.9. The second kappa shape index (κ2) is 7.87. The van der Waals surface area contributed by atoms with Crippen molar-refractivity contribution in [3.8, 4) is 0 Å². The van der Waals surface area contributed by atoms with Crippen molar-refractivity contribution < 1.29 is 4.57 Å². The molecule has 0 unspecified atom stereocenters. The zero-order valence-corrected chi connectivity index (χ0v) is 19.8. The maximum Gasteiger partial charge on any atom is 0.271 e. The zero-order chi connectivity index (χ0) is 20.8. The lowest BCUT2D eigenvalue weighted by atomic mass is 10.1. The average molecular weight is 455 g/mol. The van der Waals surface area contributed by atoms with Crippen LogP contribution in [0.1, 0.15) is 18.9 Å². The maximum atomic E-state index is 13.1. The molecular formula is C23H24N3OS3+. The Morgan fingerprint density at radius 3 is 2.70 bits per heavy atom. The molecule has 0 saturated carbocycles. The van der Waals surface area contributed by atoms with E-state index in [1.165, 1.54) is 26.0 Å². The molecule has 1 fully saturated rings. The van der Waals surface area contributed by atoms with Gasteiger partial charge in [0.15, 0.2) is 0 Å². The third-order valence-electron chi connectivity index (χ3n) is 5.61. The summed E-state index contributed by atoms with van der Waals surface area (Å²) in [6, 6.07) is 13.0. The molecule has 1 saturated heterocycles. The Labute approximate surface area is 187 Å². The van der Waals surface area contributed by atoms with E-state index in [0.717, 1.165) is 33.1 Å². The molecular weight excluding hydrogens is 430 g/mol. The fourth-order valence-electron chi connectivity index (χ4n) is 4.10. The molecule has 5 rings (SSSR count). The van der Waals surface area contributed by atoms with Crippen LogP contribution in [0.3, 0.4) is 0 Å². The first-order chi connectivity index (χ1) is 14.6. The van der Waals surface area contributed by atoms with Crippen molar-refractivity contribution in [3.05, 3.63) is 61.0 Å². The van der Waals surface area contributed by atoms with Crippen LogP contribution >= 0.6 is 34.4 Å². The Morgan fingerprint density at radius 2 is 1.97 bits per heavy atom. The van der Waals surface area contributed by atoms with Crippen molar-refractivity contribution in [2.24, 2.45) is 0 Å². The number of rotatable bonds is 3. The Bertz CT molecular complexity index is 1440. The maximum absolute atomic E-state index is 13.1. The first-order valence-electron chi connectivity index (χ1n) is 10.3. The molecule has 2 aromatic heterocycles. The number of benzene rings is 2. The van der Waals surface area contributed by atoms with Crippen LogP contribution in [0.5, 0.6) is 0 Å². The second-order valence-electron chi connectivity index (χ2n) is 7.36. The predicted molar refractivity (Wildman–Crippen MR) is 131 cm³/mol. The molecule has 4 aromatic rings.